The van der Waals surface area contributed by atoms with Crippen molar-refractivity contribution in [2.45, 2.75) is 24.9 Å². The van der Waals surface area contributed by atoms with Gasteiger partial charge in [-0.05, 0) is 12.0 Å². The number of aliphatic hydroxyl groups is 1. The summed E-state index contributed by atoms with van der Waals surface area (Å²) in [5.41, 5.74) is 1.24. The van der Waals surface area contributed by atoms with Crippen molar-refractivity contribution < 1.29 is 14.6 Å². The molecule has 1 aromatic rings. The van der Waals surface area contributed by atoms with Crippen LogP contribution in [0.1, 0.15) is 18.0 Å². The number of β-amino-alcohol motifs (C(OH)–C–C–N with tert-alkyl or cyclic N) is 1. The van der Waals surface area contributed by atoms with Gasteiger partial charge in [-0.15, -0.1) is 0 Å². The van der Waals surface area contributed by atoms with E-state index in [1.165, 1.54) is 5.56 Å². The number of methoxy groups -OCH3 is 2. The second-order valence-electron chi connectivity index (χ2n) is 5.47. The Labute approximate surface area is 126 Å². The molecule has 0 saturated carbocycles. The Hall–Kier alpha value is -0.980. The largest absolute Gasteiger partial charge is 0.392 e. The van der Waals surface area contributed by atoms with Crippen molar-refractivity contribution >= 4 is 0 Å². The minimum atomic E-state index is -0.250. The van der Waals surface area contributed by atoms with E-state index in [1.807, 2.05) is 18.2 Å². The monoisotopic (exact) mass is 294 g/mol. The Balaban J connectivity index is 1.97. The number of ether oxygens (including phenoxy) is 2. The number of hydrogen-bond donors (Lipinski definition) is 2. The summed E-state index contributed by atoms with van der Waals surface area (Å²) in [6, 6.07) is 10.6. The molecule has 2 atom stereocenters. The Morgan fingerprint density at radius 1 is 1.29 bits per heavy atom. The van der Waals surface area contributed by atoms with Gasteiger partial charge in [-0.25, -0.2) is 0 Å². The lowest BCUT2D eigenvalue weighted by molar-refractivity contribution is -0.100. The van der Waals surface area contributed by atoms with Crippen LogP contribution in [0.3, 0.4) is 0 Å². The van der Waals surface area contributed by atoms with E-state index in [4.69, 9.17) is 9.47 Å². The molecule has 2 unspecified atom stereocenters. The van der Waals surface area contributed by atoms with Gasteiger partial charge in [-0.2, -0.15) is 0 Å². The molecule has 1 fully saturated rings. The van der Waals surface area contributed by atoms with Crippen molar-refractivity contribution in [1.29, 1.82) is 0 Å². The predicted octanol–water partition coefficient (Wildman–Crippen LogP) is 1.00. The first-order chi connectivity index (χ1) is 10.2. The first-order valence-electron chi connectivity index (χ1n) is 7.47. The van der Waals surface area contributed by atoms with E-state index in [2.05, 4.69) is 22.3 Å². The first kappa shape index (κ1) is 16.4. The molecule has 1 aliphatic rings. The number of aliphatic hydroxyl groups excluding tert-OH is 1. The van der Waals surface area contributed by atoms with Crippen molar-refractivity contribution in [2.75, 3.05) is 40.4 Å². The number of nitrogens with zero attached hydrogens (tertiary/aromatic N) is 1. The van der Waals surface area contributed by atoms with Crippen molar-refractivity contribution in [3.05, 3.63) is 35.9 Å². The highest BCUT2D eigenvalue weighted by molar-refractivity contribution is 5.19. The highest BCUT2D eigenvalue weighted by Gasteiger charge is 2.24. The van der Waals surface area contributed by atoms with Crippen LogP contribution in [-0.4, -0.2) is 62.8 Å². The number of hydrogen-bond acceptors (Lipinski definition) is 5. The first-order valence-corrected chi connectivity index (χ1v) is 7.47. The van der Waals surface area contributed by atoms with Crippen LogP contribution in [0.25, 0.3) is 0 Å². The van der Waals surface area contributed by atoms with Crippen molar-refractivity contribution in [2.24, 2.45) is 0 Å². The van der Waals surface area contributed by atoms with Crippen molar-refractivity contribution in [3.63, 3.8) is 0 Å². The van der Waals surface area contributed by atoms with Crippen LogP contribution in [0, 0.1) is 0 Å². The highest BCUT2D eigenvalue weighted by Crippen LogP contribution is 2.18. The molecule has 1 aromatic carbocycles. The molecule has 2 N–H and O–H groups in total. The Morgan fingerprint density at radius 2 is 2.00 bits per heavy atom. The Kier molecular flexibility index (Phi) is 6.60. The molecule has 0 aliphatic carbocycles. The molecule has 0 bridgehead atoms. The van der Waals surface area contributed by atoms with Crippen LogP contribution < -0.4 is 5.32 Å². The van der Waals surface area contributed by atoms with E-state index in [-0.39, 0.29) is 18.4 Å². The SMILES string of the molecule is COC(CNC(CN1CCC(O)C1)c1ccccc1)OC. The van der Waals surface area contributed by atoms with Gasteiger partial charge in [-0.3, -0.25) is 4.90 Å². The quantitative estimate of drug-likeness (QED) is 0.701. The second-order valence-corrected chi connectivity index (χ2v) is 5.47. The number of nitrogens with one attached hydrogen (secondary N) is 1. The summed E-state index contributed by atoms with van der Waals surface area (Å²) in [6.07, 6.45) is 0.424. The van der Waals surface area contributed by atoms with Gasteiger partial charge in [0, 0.05) is 46.4 Å². The summed E-state index contributed by atoms with van der Waals surface area (Å²) < 4.78 is 10.5. The van der Waals surface area contributed by atoms with Crippen LogP contribution in [-0.2, 0) is 9.47 Å². The zero-order chi connectivity index (χ0) is 15.1. The fourth-order valence-electron chi connectivity index (χ4n) is 2.71. The maximum absolute atomic E-state index is 9.68. The van der Waals surface area contributed by atoms with Crippen LogP contribution in [0.4, 0.5) is 0 Å². The molecule has 1 heterocycles. The molecular formula is C16H26N2O3. The van der Waals surface area contributed by atoms with Gasteiger partial charge in [0.2, 0.25) is 0 Å². The van der Waals surface area contributed by atoms with Crippen LogP contribution >= 0.6 is 0 Å². The number of rotatable bonds is 8. The van der Waals surface area contributed by atoms with E-state index in [9.17, 15) is 5.11 Å². The standard InChI is InChI=1S/C16H26N2O3/c1-20-16(21-2)10-17-15(13-6-4-3-5-7-13)12-18-9-8-14(19)11-18/h3-7,14-17,19H,8-12H2,1-2H3. The minimum Gasteiger partial charge on any atom is -0.392 e. The maximum Gasteiger partial charge on any atom is 0.169 e. The molecule has 0 spiro atoms. The zero-order valence-corrected chi connectivity index (χ0v) is 12.9. The van der Waals surface area contributed by atoms with Crippen LogP contribution in [0.2, 0.25) is 0 Å². The third kappa shape index (κ3) is 5.05. The summed E-state index contributed by atoms with van der Waals surface area (Å²) >= 11 is 0. The van der Waals surface area contributed by atoms with Gasteiger partial charge in [-0.1, -0.05) is 30.3 Å². The molecule has 5 heteroatoms. The molecule has 1 aliphatic heterocycles. The second kappa shape index (κ2) is 8.46. The topological polar surface area (TPSA) is 54.0 Å². The Morgan fingerprint density at radius 3 is 2.57 bits per heavy atom. The molecule has 118 valence electrons. The predicted molar refractivity (Wildman–Crippen MR) is 82.1 cm³/mol. The minimum absolute atomic E-state index is 0.188. The molecule has 21 heavy (non-hydrogen) atoms. The third-order valence-corrected chi connectivity index (χ3v) is 3.95. The third-order valence-electron chi connectivity index (χ3n) is 3.95. The van der Waals surface area contributed by atoms with Gasteiger partial charge in [0.25, 0.3) is 0 Å². The van der Waals surface area contributed by atoms with E-state index >= 15 is 0 Å². The van der Waals surface area contributed by atoms with E-state index in [0.717, 1.165) is 26.1 Å². The summed E-state index contributed by atoms with van der Waals surface area (Å²) in [5, 5.41) is 13.2. The summed E-state index contributed by atoms with van der Waals surface area (Å²) in [5.74, 6) is 0. The van der Waals surface area contributed by atoms with Gasteiger partial charge >= 0.3 is 0 Å². The lowest BCUT2D eigenvalue weighted by atomic mass is 10.1. The van der Waals surface area contributed by atoms with Gasteiger partial charge in [0.05, 0.1) is 6.10 Å². The maximum atomic E-state index is 9.68. The fourth-order valence-corrected chi connectivity index (χ4v) is 2.71. The normalized spacial score (nSPS) is 21.0. The van der Waals surface area contributed by atoms with E-state index in [1.54, 1.807) is 14.2 Å². The molecule has 5 nitrogen and oxygen atoms in total. The summed E-state index contributed by atoms with van der Waals surface area (Å²) in [6.45, 7) is 3.21. The van der Waals surface area contributed by atoms with Gasteiger partial charge in [0.15, 0.2) is 6.29 Å². The molecule has 0 aromatic heterocycles. The lowest BCUT2D eigenvalue weighted by Gasteiger charge is -2.26. The smallest absolute Gasteiger partial charge is 0.169 e. The molecule has 0 amide bonds. The van der Waals surface area contributed by atoms with Crippen LogP contribution in [0.15, 0.2) is 30.3 Å². The molecule has 2 rings (SSSR count). The van der Waals surface area contributed by atoms with E-state index in [0.29, 0.717) is 6.54 Å². The summed E-state index contributed by atoms with van der Waals surface area (Å²) in [7, 11) is 3.29. The van der Waals surface area contributed by atoms with Crippen molar-refractivity contribution in [3.8, 4) is 0 Å². The average molecular weight is 294 g/mol. The molecule has 1 saturated heterocycles. The lowest BCUT2D eigenvalue weighted by Crippen LogP contribution is -2.38. The number of likely N-dealkylation sites (tertiary alicyclic amines) is 1. The zero-order valence-electron chi connectivity index (χ0n) is 12.9. The highest BCUT2D eigenvalue weighted by atomic mass is 16.7. The summed E-state index contributed by atoms with van der Waals surface area (Å²) in [4.78, 5) is 2.30. The van der Waals surface area contributed by atoms with Crippen molar-refractivity contribution in [1.82, 2.24) is 10.2 Å². The van der Waals surface area contributed by atoms with Gasteiger partial charge < -0.3 is 19.9 Å². The fraction of sp³-hybridized carbons (Fsp3) is 0.625. The molecular weight excluding hydrogens is 268 g/mol. The Bertz CT molecular complexity index is 398. The average Bonchev–Trinajstić information content (AvgIpc) is 2.93. The van der Waals surface area contributed by atoms with E-state index < -0.39 is 0 Å². The number of benzene rings is 1. The molecule has 0 radical (unpaired) electrons. The van der Waals surface area contributed by atoms with Crippen LogP contribution in [0.5, 0.6) is 0 Å². The van der Waals surface area contributed by atoms with Gasteiger partial charge in [0.1, 0.15) is 0 Å².